The molecule has 2 nitrogen and oxygen atoms in total. The molecule has 1 N–H and O–H groups in total. The van der Waals surface area contributed by atoms with Crippen LogP contribution in [0, 0.1) is 0 Å². The van der Waals surface area contributed by atoms with Gasteiger partial charge in [0.2, 0.25) is 0 Å². The van der Waals surface area contributed by atoms with Crippen LogP contribution < -0.4 is 5.32 Å². The number of benzene rings is 2. The first-order valence-electron chi connectivity index (χ1n) is 11.0. The minimum Gasteiger partial charge on any atom is -0.346 e. The standard InChI is InChI=1S/C27H37NO/c1-18(20-13-12-19-10-8-9-11-21(19)14-20)28-25(29)22-15-23(26(2,3)4)17-24(16-22)27(5,6)7/h12-18H,8-11H2,1-7H3,(H,28,29)/t18-/m1/s1. The summed E-state index contributed by atoms with van der Waals surface area (Å²) in [6.45, 7) is 15.3. The fraction of sp³-hybridized carbons (Fsp3) is 0.519. The summed E-state index contributed by atoms with van der Waals surface area (Å²) in [4.78, 5) is 13.2. The summed E-state index contributed by atoms with van der Waals surface area (Å²) in [5.74, 6) is 0.00632. The van der Waals surface area contributed by atoms with Crippen molar-refractivity contribution in [3.8, 4) is 0 Å². The number of carbonyl (C=O) groups is 1. The summed E-state index contributed by atoms with van der Waals surface area (Å²) in [5.41, 5.74) is 7.30. The lowest BCUT2D eigenvalue weighted by molar-refractivity contribution is 0.0939. The molecule has 0 saturated carbocycles. The number of fused-ring (bicyclic) bond motifs is 1. The highest BCUT2D eigenvalue weighted by Gasteiger charge is 2.23. The van der Waals surface area contributed by atoms with Gasteiger partial charge in [0.25, 0.3) is 5.91 Å². The van der Waals surface area contributed by atoms with E-state index < -0.39 is 0 Å². The van der Waals surface area contributed by atoms with Crippen molar-refractivity contribution in [1.29, 1.82) is 0 Å². The minimum absolute atomic E-state index is 0.000396. The molecule has 1 aliphatic rings. The lowest BCUT2D eigenvalue weighted by Crippen LogP contribution is -2.28. The Bertz CT molecular complexity index is 863. The number of hydrogen-bond donors (Lipinski definition) is 1. The number of nitrogens with one attached hydrogen (secondary N) is 1. The van der Waals surface area contributed by atoms with Crippen LogP contribution in [0.4, 0.5) is 0 Å². The van der Waals surface area contributed by atoms with Crippen LogP contribution in [0.3, 0.4) is 0 Å². The van der Waals surface area contributed by atoms with Crippen LogP contribution in [0.1, 0.15) is 106 Å². The van der Waals surface area contributed by atoms with Crippen LogP contribution in [-0.4, -0.2) is 5.91 Å². The highest BCUT2D eigenvalue weighted by Crippen LogP contribution is 2.31. The van der Waals surface area contributed by atoms with Gasteiger partial charge < -0.3 is 5.32 Å². The molecule has 0 saturated heterocycles. The fourth-order valence-electron chi connectivity index (χ4n) is 4.01. The molecule has 0 aliphatic heterocycles. The summed E-state index contributed by atoms with van der Waals surface area (Å²) in [5, 5.41) is 3.24. The van der Waals surface area contributed by atoms with Crippen LogP contribution >= 0.6 is 0 Å². The maximum Gasteiger partial charge on any atom is 0.251 e. The summed E-state index contributed by atoms with van der Waals surface area (Å²) in [6.07, 6.45) is 4.91. The van der Waals surface area contributed by atoms with Crippen molar-refractivity contribution in [2.75, 3.05) is 0 Å². The van der Waals surface area contributed by atoms with Crippen molar-refractivity contribution in [3.63, 3.8) is 0 Å². The highest BCUT2D eigenvalue weighted by molar-refractivity contribution is 5.95. The SMILES string of the molecule is C[C@@H](NC(=O)c1cc(C(C)(C)C)cc(C(C)(C)C)c1)c1ccc2c(c1)CCCC2. The van der Waals surface area contributed by atoms with Gasteiger partial charge in [0.15, 0.2) is 0 Å². The third kappa shape index (κ3) is 5.10. The first-order valence-corrected chi connectivity index (χ1v) is 11.0. The molecule has 3 rings (SSSR count). The molecule has 2 aromatic carbocycles. The van der Waals surface area contributed by atoms with E-state index in [-0.39, 0.29) is 22.8 Å². The zero-order chi connectivity index (χ0) is 21.4. The first kappa shape index (κ1) is 21.6. The van der Waals surface area contributed by atoms with Crippen molar-refractivity contribution < 1.29 is 4.79 Å². The van der Waals surface area contributed by atoms with Gasteiger partial charge in [-0.15, -0.1) is 0 Å². The van der Waals surface area contributed by atoms with Gasteiger partial charge in [0.05, 0.1) is 6.04 Å². The molecule has 29 heavy (non-hydrogen) atoms. The average molecular weight is 392 g/mol. The van der Waals surface area contributed by atoms with Crippen LogP contribution in [0.15, 0.2) is 36.4 Å². The summed E-state index contributed by atoms with van der Waals surface area (Å²) < 4.78 is 0. The Balaban J connectivity index is 1.86. The van der Waals surface area contributed by atoms with Crippen molar-refractivity contribution in [2.24, 2.45) is 0 Å². The zero-order valence-electron chi connectivity index (χ0n) is 19.3. The number of aryl methyl sites for hydroxylation is 2. The Morgan fingerprint density at radius 2 is 1.38 bits per heavy atom. The molecule has 0 unspecified atom stereocenters. The van der Waals surface area contributed by atoms with E-state index in [0.29, 0.717) is 0 Å². The zero-order valence-corrected chi connectivity index (χ0v) is 19.3. The van der Waals surface area contributed by atoms with Crippen molar-refractivity contribution in [3.05, 3.63) is 69.8 Å². The van der Waals surface area contributed by atoms with E-state index in [1.807, 2.05) is 0 Å². The Hall–Kier alpha value is -2.09. The molecule has 0 fully saturated rings. The minimum atomic E-state index is -0.00824. The molecule has 0 bridgehead atoms. The second-order valence-corrected chi connectivity index (χ2v) is 10.7. The van der Waals surface area contributed by atoms with E-state index >= 15 is 0 Å². The largest absolute Gasteiger partial charge is 0.346 e. The predicted octanol–water partition coefficient (Wildman–Crippen LogP) is 6.65. The maximum atomic E-state index is 13.2. The molecule has 2 heteroatoms. The third-order valence-corrected chi connectivity index (χ3v) is 6.15. The van der Waals surface area contributed by atoms with Crippen LogP contribution in [0.2, 0.25) is 0 Å². The molecule has 1 atom stereocenters. The monoisotopic (exact) mass is 391 g/mol. The van der Waals surface area contributed by atoms with Gasteiger partial charge in [-0.05, 0) is 83.4 Å². The molecule has 156 valence electrons. The maximum absolute atomic E-state index is 13.2. The Kier molecular flexibility index (Phi) is 5.94. The molecule has 0 heterocycles. The third-order valence-electron chi connectivity index (χ3n) is 6.15. The Morgan fingerprint density at radius 3 is 1.93 bits per heavy atom. The molecule has 0 spiro atoms. The quantitative estimate of drug-likeness (QED) is 0.623. The number of rotatable bonds is 3. The predicted molar refractivity (Wildman–Crippen MR) is 123 cm³/mol. The summed E-state index contributed by atoms with van der Waals surface area (Å²) in [7, 11) is 0. The van der Waals surface area contributed by atoms with Crippen molar-refractivity contribution >= 4 is 5.91 Å². The number of hydrogen-bond acceptors (Lipinski definition) is 1. The van der Waals surface area contributed by atoms with Gasteiger partial charge in [-0.25, -0.2) is 0 Å². The van der Waals surface area contributed by atoms with E-state index in [0.717, 1.165) is 12.0 Å². The molecule has 0 radical (unpaired) electrons. The van der Waals surface area contributed by atoms with Gasteiger partial charge in [-0.2, -0.15) is 0 Å². The van der Waals surface area contributed by atoms with Gasteiger partial charge in [0, 0.05) is 5.56 Å². The number of amides is 1. The lowest BCUT2D eigenvalue weighted by atomic mass is 9.79. The average Bonchev–Trinajstić information content (AvgIpc) is 2.65. The first-order chi connectivity index (χ1) is 13.4. The number of carbonyl (C=O) groups excluding carboxylic acids is 1. The van der Waals surface area contributed by atoms with Crippen LogP contribution in [0.25, 0.3) is 0 Å². The van der Waals surface area contributed by atoms with E-state index in [1.165, 1.54) is 47.1 Å². The molecule has 1 aliphatic carbocycles. The van der Waals surface area contributed by atoms with E-state index in [1.54, 1.807) is 0 Å². The highest BCUT2D eigenvalue weighted by atomic mass is 16.1. The second-order valence-electron chi connectivity index (χ2n) is 10.7. The van der Waals surface area contributed by atoms with Crippen molar-refractivity contribution in [1.82, 2.24) is 5.32 Å². The summed E-state index contributed by atoms with van der Waals surface area (Å²) in [6, 6.07) is 13.1. The Labute approximate surface area is 177 Å². The van der Waals surface area contributed by atoms with E-state index in [9.17, 15) is 4.79 Å². The van der Waals surface area contributed by atoms with Crippen LogP contribution in [0.5, 0.6) is 0 Å². The smallest absolute Gasteiger partial charge is 0.251 e. The lowest BCUT2D eigenvalue weighted by Gasteiger charge is -2.26. The summed E-state index contributed by atoms with van der Waals surface area (Å²) >= 11 is 0. The molecular weight excluding hydrogens is 354 g/mol. The van der Waals surface area contributed by atoms with Gasteiger partial charge in [0.1, 0.15) is 0 Å². The fourth-order valence-corrected chi connectivity index (χ4v) is 4.01. The normalized spacial score (nSPS) is 15.6. The Morgan fingerprint density at radius 1 is 0.828 bits per heavy atom. The van der Waals surface area contributed by atoms with Gasteiger partial charge in [-0.3, -0.25) is 4.79 Å². The van der Waals surface area contributed by atoms with E-state index in [2.05, 4.69) is 90.2 Å². The molecule has 0 aromatic heterocycles. The second kappa shape index (κ2) is 7.97. The van der Waals surface area contributed by atoms with E-state index in [4.69, 9.17) is 0 Å². The van der Waals surface area contributed by atoms with Crippen LogP contribution in [-0.2, 0) is 23.7 Å². The van der Waals surface area contributed by atoms with Gasteiger partial charge >= 0.3 is 0 Å². The topological polar surface area (TPSA) is 29.1 Å². The molecule has 2 aromatic rings. The molecule has 1 amide bonds. The van der Waals surface area contributed by atoms with Gasteiger partial charge in [-0.1, -0.05) is 65.8 Å². The molecular formula is C27H37NO. The van der Waals surface area contributed by atoms with Crippen molar-refractivity contribution in [2.45, 2.75) is 91.0 Å².